The number of rotatable bonds is 6. The summed E-state index contributed by atoms with van der Waals surface area (Å²) in [4.78, 5) is 8.35. The molecule has 1 heterocycles. The van der Waals surface area contributed by atoms with Crippen LogP contribution < -0.4 is 5.32 Å². The summed E-state index contributed by atoms with van der Waals surface area (Å²) in [5.41, 5.74) is 0.755. The predicted octanol–water partition coefficient (Wildman–Crippen LogP) is 4.12. The third kappa shape index (κ3) is 5.34. The standard InChI is InChI=1S/C12H17BrF3N3/c1-3-5-8-10(13)11(17-4-2)19-9(18-8)6-7-12(14,15)16/h3-7H2,1-2H3,(H,17,18,19). The molecule has 7 heteroatoms. The van der Waals surface area contributed by atoms with Crippen molar-refractivity contribution in [2.45, 2.75) is 45.7 Å². The van der Waals surface area contributed by atoms with E-state index in [1.807, 2.05) is 13.8 Å². The summed E-state index contributed by atoms with van der Waals surface area (Å²) in [5, 5.41) is 3.03. The molecule has 0 amide bonds. The maximum absolute atomic E-state index is 12.2. The van der Waals surface area contributed by atoms with Crippen LogP contribution in [0.2, 0.25) is 0 Å². The number of aryl methyl sites for hydroxylation is 2. The van der Waals surface area contributed by atoms with E-state index < -0.39 is 12.6 Å². The molecule has 0 bridgehead atoms. The molecule has 1 aromatic rings. The van der Waals surface area contributed by atoms with Crippen LogP contribution in [0, 0.1) is 0 Å². The lowest BCUT2D eigenvalue weighted by molar-refractivity contribution is -0.134. The normalized spacial score (nSPS) is 11.7. The zero-order valence-electron chi connectivity index (χ0n) is 10.9. The minimum absolute atomic E-state index is 0.189. The Morgan fingerprint density at radius 1 is 1.16 bits per heavy atom. The van der Waals surface area contributed by atoms with Gasteiger partial charge in [0.05, 0.1) is 16.6 Å². The quantitative estimate of drug-likeness (QED) is 0.847. The van der Waals surface area contributed by atoms with E-state index in [1.54, 1.807) is 0 Å². The SMILES string of the molecule is CCCc1nc(CCC(F)(F)F)nc(NCC)c1Br. The fourth-order valence-electron chi connectivity index (χ4n) is 1.60. The van der Waals surface area contributed by atoms with Crippen molar-refractivity contribution in [2.24, 2.45) is 0 Å². The van der Waals surface area contributed by atoms with E-state index in [0.29, 0.717) is 18.8 Å². The number of nitrogens with one attached hydrogen (secondary N) is 1. The smallest absolute Gasteiger partial charge is 0.369 e. The first-order valence-corrected chi connectivity index (χ1v) is 7.02. The van der Waals surface area contributed by atoms with E-state index in [-0.39, 0.29) is 12.2 Å². The summed E-state index contributed by atoms with van der Waals surface area (Å²) >= 11 is 3.40. The molecular formula is C12H17BrF3N3. The number of aromatic nitrogens is 2. The van der Waals surface area contributed by atoms with Gasteiger partial charge < -0.3 is 5.32 Å². The highest BCUT2D eigenvalue weighted by Crippen LogP contribution is 2.26. The second kappa shape index (κ2) is 7.07. The molecule has 0 aromatic carbocycles. The fraction of sp³-hybridized carbons (Fsp3) is 0.667. The number of anilines is 1. The third-order valence-electron chi connectivity index (χ3n) is 2.43. The number of nitrogens with zero attached hydrogens (tertiary/aromatic N) is 2. The van der Waals surface area contributed by atoms with E-state index in [9.17, 15) is 13.2 Å². The third-order valence-corrected chi connectivity index (χ3v) is 3.26. The van der Waals surface area contributed by atoms with Gasteiger partial charge in [0.1, 0.15) is 11.6 Å². The van der Waals surface area contributed by atoms with Crippen molar-refractivity contribution in [1.29, 1.82) is 0 Å². The molecule has 0 fully saturated rings. The Morgan fingerprint density at radius 3 is 2.37 bits per heavy atom. The van der Waals surface area contributed by atoms with E-state index >= 15 is 0 Å². The van der Waals surface area contributed by atoms with Crippen LogP contribution >= 0.6 is 15.9 Å². The van der Waals surface area contributed by atoms with Crippen molar-refractivity contribution in [3.05, 3.63) is 16.0 Å². The minimum Gasteiger partial charge on any atom is -0.369 e. The molecule has 0 atom stereocenters. The van der Waals surface area contributed by atoms with Crippen molar-refractivity contribution in [3.63, 3.8) is 0 Å². The second-order valence-corrected chi connectivity index (χ2v) is 4.94. The van der Waals surface area contributed by atoms with E-state index in [2.05, 4.69) is 31.2 Å². The van der Waals surface area contributed by atoms with Crippen LogP contribution in [0.25, 0.3) is 0 Å². The minimum atomic E-state index is -4.18. The maximum Gasteiger partial charge on any atom is 0.389 e. The van der Waals surface area contributed by atoms with Gasteiger partial charge in [-0.05, 0) is 29.3 Å². The van der Waals surface area contributed by atoms with Gasteiger partial charge in [-0.1, -0.05) is 13.3 Å². The van der Waals surface area contributed by atoms with E-state index in [1.165, 1.54) is 0 Å². The molecule has 0 saturated heterocycles. The second-order valence-electron chi connectivity index (χ2n) is 4.14. The molecule has 0 spiro atoms. The summed E-state index contributed by atoms with van der Waals surface area (Å²) in [7, 11) is 0. The van der Waals surface area contributed by atoms with Gasteiger partial charge >= 0.3 is 6.18 Å². The first-order chi connectivity index (χ1) is 8.87. The lowest BCUT2D eigenvalue weighted by Crippen LogP contribution is -2.13. The highest BCUT2D eigenvalue weighted by atomic mass is 79.9. The summed E-state index contributed by atoms with van der Waals surface area (Å²) in [6, 6.07) is 0. The van der Waals surface area contributed by atoms with Gasteiger partial charge in [-0.3, -0.25) is 0 Å². The Balaban J connectivity index is 2.97. The molecule has 0 aliphatic rings. The van der Waals surface area contributed by atoms with Crippen LogP contribution in [0.1, 0.15) is 38.2 Å². The molecular weight excluding hydrogens is 323 g/mol. The monoisotopic (exact) mass is 339 g/mol. The van der Waals surface area contributed by atoms with Gasteiger partial charge in [0, 0.05) is 13.0 Å². The molecule has 0 radical (unpaired) electrons. The van der Waals surface area contributed by atoms with Crippen molar-refractivity contribution in [3.8, 4) is 0 Å². The van der Waals surface area contributed by atoms with Crippen LogP contribution in [0.5, 0.6) is 0 Å². The summed E-state index contributed by atoms with van der Waals surface area (Å²) in [6.07, 6.45) is -3.68. The molecule has 0 aliphatic carbocycles. The first-order valence-electron chi connectivity index (χ1n) is 6.23. The Bertz CT molecular complexity index is 394. The van der Waals surface area contributed by atoms with Crippen LogP contribution in [-0.2, 0) is 12.8 Å². The fourth-order valence-corrected chi connectivity index (χ4v) is 2.11. The highest BCUT2D eigenvalue weighted by Gasteiger charge is 2.27. The predicted molar refractivity (Wildman–Crippen MR) is 72.3 cm³/mol. The molecule has 0 aliphatic heterocycles. The van der Waals surface area contributed by atoms with Crippen LogP contribution in [-0.4, -0.2) is 22.7 Å². The van der Waals surface area contributed by atoms with Gasteiger partial charge in [-0.15, -0.1) is 0 Å². The lowest BCUT2D eigenvalue weighted by atomic mass is 10.2. The van der Waals surface area contributed by atoms with Gasteiger partial charge in [-0.25, -0.2) is 9.97 Å². The Hall–Kier alpha value is -0.850. The Labute approximate surface area is 119 Å². The first kappa shape index (κ1) is 16.2. The molecule has 108 valence electrons. The van der Waals surface area contributed by atoms with E-state index in [0.717, 1.165) is 16.6 Å². The number of halogens is 4. The van der Waals surface area contributed by atoms with Crippen molar-refractivity contribution in [2.75, 3.05) is 11.9 Å². The number of hydrogen-bond donors (Lipinski definition) is 1. The van der Waals surface area contributed by atoms with Crippen molar-refractivity contribution >= 4 is 21.7 Å². The van der Waals surface area contributed by atoms with E-state index in [4.69, 9.17) is 0 Å². The largest absolute Gasteiger partial charge is 0.389 e. The maximum atomic E-state index is 12.2. The number of alkyl halides is 3. The van der Waals surface area contributed by atoms with Crippen molar-refractivity contribution < 1.29 is 13.2 Å². The Kier molecular flexibility index (Phi) is 6.03. The summed E-state index contributed by atoms with van der Waals surface area (Å²) in [6.45, 7) is 4.56. The summed E-state index contributed by atoms with van der Waals surface area (Å²) in [5.74, 6) is 0.804. The average molecular weight is 340 g/mol. The zero-order chi connectivity index (χ0) is 14.5. The molecule has 1 rings (SSSR count). The molecule has 1 aromatic heterocycles. The highest BCUT2D eigenvalue weighted by molar-refractivity contribution is 9.10. The topological polar surface area (TPSA) is 37.8 Å². The summed E-state index contributed by atoms with van der Waals surface area (Å²) < 4.78 is 37.5. The Morgan fingerprint density at radius 2 is 1.84 bits per heavy atom. The van der Waals surface area contributed by atoms with Gasteiger partial charge in [0.15, 0.2) is 0 Å². The molecule has 3 nitrogen and oxygen atoms in total. The van der Waals surface area contributed by atoms with Crippen LogP contribution in [0.15, 0.2) is 4.47 Å². The van der Waals surface area contributed by atoms with Crippen LogP contribution in [0.4, 0.5) is 19.0 Å². The van der Waals surface area contributed by atoms with Gasteiger partial charge in [-0.2, -0.15) is 13.2 Å². The molecule has 19 heavy (non-hydrogen) atoms. The molecule has 0 saturated carbocycles. The lowest BCUT2D eigenvalue weighted by Gasteiger charge is -2.12. The van der Waals surface area contributed by atoms with Crippen LogP contribution in [0.3, 0.4) is 0 Å². The zero-order valence-corrected chi connectivity index (χ0v) is 12.5. The molecule has 1 N–H and O–H groups in total. The van der Waals surface area contributed by atoms with Gasteiger partial charge in [0.2, 0.25) is 0 Å². The molecule has 0 unspecified atom stereocenters. The average Bonchev–Trinajstić information content (AvgIpc) is 2.31. The van der Waals surface area contributed by atoms with Crippen molar-refractivity contribution in [1.82, 2.24) is 9.97 Å². The number of hydrogen-bond acceptors (Lipinski definition) is 3. The van der Waals surface area contributed by atoms with Gasteiger partial charge in [0.25, 0.3) is 0 Å².